The van der Waals surface area contributed by atoms with Crippen molar-refractivity contribution in [2.45, 2.75) is 76.2 Å². The van der Waals surface area contributed by atoms with Crippen LogP contribution in [0.3, 0.4) is 0 Å². The third-order valence-electron chi connectivity index (χ3n) is 8.46. The molecule has 4 aromatic rings. The van der Waals surface area contributed by atoms with Crippen LogP contribution in [0, 0.1) is 6.92 Å². The molecule has 3 fully saturated rings. The van der Waals surface area contributed by atoms with Crippen LogP contribution in [0.2, 0.25) is 0 Å². The predicted octanol–water partition coefficient (Wildman–Crippen LogP) is 6.56. The van der Waals surface area contributed by atoms with Gasteiger partial charge in [-0.1, -0.05) is 40.8 Å². The van der Waals surface area contributed by atoms with E-state index in [-0.39, 0.29) is 11.7 Å². The SMILES string of the molecule is COc1cc(C(=O)O)cc2sc(N3[C@@H]4CC[C@H]3C[C@H](OCc3c(-c5ccccc5C)noc3C3CC3)C4)nc12. The van der Waals surface area contributed by atoms with Gasteiger partial charge < -0.3 is 24.0 Å². The first-order valence-corrected chi connectivity index (χ1v) is 14.5. The molecule has 8 nitrogen and oxygen atoms in total. The molecule has 2 aromatic heterocycles. The van der Waals surface area contributed by atoms with Crippen LogP contribution >= 0.6 is 11.3 Å². The fraction of sp³-hybridized carbons (Fsp3) is 0.433. The number of ether oxygens (including phenoxy) is 2. The van der Waals surface area contributed by atoms with Gasteiger partial charge in [-0.15, -0.1) is 0 Å². The lowest BCUT2D eigenvalue weighted by Crippen LogP contribution is -2.45. The zero-order valence-corrected chi connectivity index (χ0v) is 22.9. The molecule has 7 rings (SSSR count). The number of piperidine rings is 1. The van der Waals surface area contributed by atoms with E-state index in [1.165, 1.54) is 5.56 Å². The second-order valence-corrected chi connectivity index (χ2v) is 12.0. The van der Waals surface area contributed by atoms with Crippen molar-refractivity contribution < 1.29 is 23.9 Å². The van der Waals surface area contributed by atoms with Crippen molar-refractivity contribution in [2.24, 2.45) is 0 Å². The van der Waals surface area contributed by atoms with Crippen LogP contribution in [-0.4, -0.2) is 46.5 Å². The zero-order chi connectivity index (χ0) is 26.7. The normalized spacial score (nSPS) is 22.5. The number of carbonyl (C=O) groups is 1. The Bertz CT molecular complexity index is 1540. The molecule has 2 saturated heterocycles. The van der Waals surface area contributed by atoms with Crippen LogP contribution in [-0.2, 0) is 11.3 Å². The van der Waals surface area contributed by atoms with Crippen molar-refractivity contribution in [1.29, 1.82) is 0 Å². The summed E-state index contributed by atoms with van der Waals surface area (Å²) in [5, 5.41) is 14.9. The first-order valence-electron chi connectivity index (χ1n) is 13.7. The summed E-state index contributed by atoms with van der Waals surface area (Å²) in [7, 11) is 1.56. The van der Waals surface area contributed by atoms with E-state index < -0.39 is 5.97 Å². The number of carboxylic acid groups (broad SMARTS) is 1. The number of methoxy groups -OCH3 is 1. The number of fused-ring (bicyclic) bond motifs is 3. The smallest absolute Gasteiger partial charge is 0.335 e. The fourth-order valence-electron chi connectivity index (χ4n) is 6.33. The minimum absolute atomic E-state index is 0.160. The van der Waals surface area contributed by atoms with Crippen LogP contribution in [0.1, 0.15) is 71.7 Å². The van der Waals surface area contributed by atoms with E-state index in [4.69, 9.17) is 19.0 Å². The minimum atomic E-state index is -0.966. The Morgan fingerprint density at radius 2 is 1.92 bits per heavy atom. The van der Waals surface area contributed by atoms with E-state index in [1.54, 1.807) is 30.6 Å². The number of hydrogen-bond acceptors (Lipinski definition) is 8. The molecule has 2 aromatic carbocycles. The molecule has 2 bridgehead atoms. The maximum atomic E-state index is 11.6. The maximum absolute atomic E-state index is 11.6. The van der Waals surface area contributed by atoms with Crippen molar-refractivity contribution >= 4 is 32.7 Å². The Morgan fingerprint density at radius 1 is 1.15 bits per heavy atom. The average Bonchev–Trinajstić information content (AvgIpc) is 3.45. The summed E-state index contributed by atoms with van der Waals surface area (Å²) in [6, 6.07) is 12.3. The monoisotopic (exact) mass is 545 g/mol. The number of anilines is 1. The van der Waals surface area contributed by atoms with Gasteiger partial charge in [-0.25, -0.2) is 9.78 Å². The first-order chi connectivity index (χ1) is 19.0. The third kappa shape index (κ3) is 4.37. The highest BCUT2D eigenvalue weighted by Gasteiger charge is 2.43. The molecule has 4 heterocycles. The second-order valence-electron chi connectivity index (χ2n) is 11.0. The highest BCUT2D eigenvalue weighted by atomic mass is 32.1. The van der Waals surface area contributed by atoms with Crippen LogP contribution < -0.4 is 9.64 Å². The number of aryl methyl sites for hydroxylation is 1. The molecule has 2 aliphatic heterocycles. The quantitative estimate of drug-likeness (QED) is 0.266. The largest absolute Gasteiger partial charge is 0.494 e. The Hall–Kier alpha value is -3.43. The molecule has 0 radical (unpaired) electrons. The summed E-state index contributed by atoms with van der Waals surface area (Å²) in [6.45, 7) is 2.62. The van der Waals surface area contributed by atoms with Crippen molar-refractivity contribution in [2.75, 3.05) is 12.0 Å². The van der Waals surface area contributed by atoms with Gasteiger partial charge in [0.25, 0.3) is 0 Å². The second kappa shape index (κ2) is 9.64. The Balaban J connectivity index is 1.11. The van der Waals surface area contributed by atoms with Gasteiger partial charge in [-0.05, 0) is 63.1 Å². The van der Waals surface area contributed by atoms with E-state index in [0.717, 1.165) is 76.5 Å². The number of nitrogens with zero attached hydrogens (tertiary/aromatic N) is 3. The molecule has 9 heteroatoms. The van der Waals surface area contributed by atoms with E-state index in [9.17, 15) is 9.90 Å². The average molecular weight is 546 g/mol. The molecule has 0 unspecified atom stereocenters. The lowest BCUT2D eigenvalue weighted by molar-refractivity contribution is 0.0147. The molecule has 3 aliphatic rings. The van der Waals surface area contributed by atoms with Gasteiger partial charge in [-0.3, -0.25) is 0 Å². The topological polar surface area (TPSA) is 97.9 Å². The highest BCUT2D eigenvalue weighted by Crippen LogP contribution is 2.46. The number of benzene rings is 2. The number of rotatable bonds is 8. The molecule has 202 valence electrons. The van der Waals surface area contributed by atoms with Crippen LogP contribution in [0.15, 0.2) is 40.9 Å². The highest BCUT2D eigenvalue weighted by molar-refractivity contribution is 7.22. The van der Waals surface area contributed by atoms with Gasteiger partial charge >= 0.3 is 5.97 Å². The van der Waals surface area contributed by atoms with Crippen LogP contribution in [0.5, 0.6) is 5.75 Å². The number of carboxylic acids is 1. The molecule has 1 N–H and O–H groups in total. The van der Waals surface area contributed by atoms with Gasteiger partial charge in [0.15, 0.2) is 5.13 Å². The summed E-state index contributed by atoms with van der Waals surface area (Å²) in [5.74, 6) is 0.997. The summed E-state index contributed by atoms with van der Waals surface area (Å²) in [5.41, 5.74) is 5.26. The van der Waals surface area contributed by atoms with Gasteiger partial charge in [0.05, 0.1) is 30.1 Å². The van der Waals surface area contributed by atoms with Gasteiger partial charge in [0.2, 0.25) is 0 Å². The lowest BCUT2D eigenvalue weighted by atomic mass is 9.99. The fourth-order valence-corrected chi connectivity index (χ4v) is 7.50. The number of aromatic carboxylic acids is 1. The Kier molecular flexibility index (Phi) is 6.08. The van der Waals surface area contributed by atoms with Crippen molar-refractivity contribution in [3.8, 4) is 17.0 Å². The summed E-state index contributed by atoms with van der Waals surface area (Å²) in [6.07, 6.45) is 6.55. The van der Waals surface area contributed by atoms with Gasteiger partial charge in [0.1, 0.15) is 22.7 Å². The standard InChI is InChI=1S/C30H31N3O5S/c1-16-5-3-4-6-22(16)26-23(28(38-32-26)17-7-8-17)15-37-21-13-19-9-10-20(14-21)33(19)30-31-27-24(36-2)11-18(29(34)35)12-25(27)39-30/h3-6,11-12,17,19-21H,7-10,13-15H2,1-2H3,(H,34,35)/t19-,20+,21-. The predicted molar refractivity (Wildman–Crippen MR) is 149 cm³/mol. The number of hydrogen-bond donors (Lipinski definition) is 1. The minimum Gasteiger partial charge on any atom is -0.494 e. The molecular weight excluding hydrogens is 514 g/mol. The van der Waals surface area contributed by atoms with E-state index in [2.05, 4.69) is 29.1 Å². The molecule has 1 aliphatic carbocycles. The number of thiazole rings is 1. The summed E-state index contributed by atoms with van der Waals surface area (Å²) in [4.78, 5) is 19.0. The number of aromatic nitrogens is 2. The van der Waals surface area contributed by atoms with Crippen LogP contribution in [0.25, 0.3) is 21.5 Å². The molecule has 0 spiro atoms. The van der Waals surface area contributed by atoms with Crippen molar-refractivity contribution in [1.82, 2.24) is 10.1 Å². The summed E-state index contributed by atoms with van der Waals surface area (Å²) >= 11 is 1.55. The van der Waals surface area contributed by atoms with E-state index >= 15 is 0 Å². The van der Waals surface area contributed by atoms with E-state index in [1.807, 2.05) is 12.1 Å². The van der Waals surface area contributed by atoms with E-state index in [0.29, 0.717) is 30.4 Å². The molecule has 3 atom stereocenters. The Morgan fingerprint density at radius 3 is 2.62 bits per heavy atom. The maximum Gasteiger partial charge on any atom is 0.335 e. The third-order valence-corrected chi connectivity index (χ3v) is 9.47. The van der Waals surface area contributed by atoms with Gasteiger partial charge in [0, 0.05) is 29.1 Å². The zero-order valence-electron chi connectivity index (χ0n) is 22.1. The lowest BCUT2D eigenvalue weighted by Gasteiger charge is -2.38. The molecule has 0 amide bonds. The molecule has 1 saturated carbocycles. The Labute approximate surface area is 230 Å². The van der Waals surface area contributed by atoms with Crippen molar-refractivity contribution in [3.63, 3.8) is 0 Å². The molecular formula is C30H31N3O5S. The van der Waals surface area contributed by atoms with Crippen molar-refractivity contribution in [3.05, 3.63) is 58.8 Å². The summed E-state index contributed by atoms with van der Waals surface area (Å²) < 4.78 is 18.8. The molecule has 39 heavy (non-hydrogen) atoms. The van der Waals surface area contributed by atoms with Gasteiger partial charge in [-0.2, -0.15) is 0 Å². The van der Waals surface area contributed by atoms with Crippen LogP contribution in [0.4, 0.5) is 5.13 Å². The first kappa shape index (κ1) is 24.6.